The molecule has 1 unspecified atom stereocenters. The Morgan fingerprint density at radius 3 is 3.07 bits per heavy atom. The third kappa shape index (κ3) is 5.44. The summed E-state index contributed by atoms with van der Waals surface area (Å²) in [6, 6.07) is 0. The Morgan fingerprint density at radius 1 is 1.53 bits per heavy atom. The Labute approximate surface area is 91.6 Å². The largest absolute Gasteiger partial charge is 0.378 e. The molecule has 0 spiro atoms. The lowest BCUT2D eigenvalue weighted by atomic mass is 10.1. The molecule has 1 heterocycles. The maximum atomic E-state index is 11.4. The molecule has 15 heavy (non-hydrogen) atoms. The van der Waals surface area contributed by atoms with Crippen LogP contribution in [-0.4, -0.2) is 25.2 Å². The number of carbonyl (C=O) groups is 1. The number of hydrogen-bond acceptors (Lipinski definition) is 2. The lowest BCUT2D eigenvalue weighted by Crippen LogP contribution is -2.30. The van der Waals surface area contributed by atoms with Crippen molar-refractivity contribution in [3.8, 4) is 11.8 Å². The molecule has 0 aromatic carbocycles. The molecule has 1 N–H and O–H groups in total. The molecule has 3 nitrogen and oxygen atoms in total. The molecule has 1 fully saturated rings. The van der Waals surface area contributed by atoms with Crippen LogP contribution in [0.5, 0.6) is 0 Å². The van der Waals surface area contributed by atoms with Gasteiger partial charge in [-0.15, -0.1) is 11.8 Å². The minimum absolute atomic E-state index is 0.0832. The average molecular weight is 209 g/mol. The van der Waals surface area contributed by atoms with E-state index in [9.17, 15) is 4.79 Å². The molecule has 1 rings (SSSR count). The topological polar surface area (TPSA) is 38.3 Å². The molecule has 1 aliphatic heterocycles. The van der Waals surface area contributed by atoms with Crippen LogP contribution in [-0.2, 0) is 9.53 Å². The van der Waals surface area contributed by atoms with E-state index in [0.717, 1.165) is 25.9 Å². The second-order valence-corrected chi connectivity index (χ2v) is 3.72. The second-order valence-electron chi connectivity index (χ2n) is 3.72. The maximum absolute atomic E-state index is 11.4. The highest BCUT2D eigenvalue weighted by atomic mass is 16.5. The SMILES string of the molecule is CC#CCCNC(=O)CC1CCCCO1. The summed E-state index contributed by atoms with van der Waals surface area (Å²) in [5.41, 5.74) is 0. The van der Waals surface area contributed by atoms with Gasteiger partial charge in [-0.25, -0.2) is 0 Å². The van der Waals surface area contributed by atoms with Gasteiger partial charge in [0.05, 0.1) is 12.5 Å². The van der Waals surface area contributed by atoms with E-state index in [0.29, 0.717) is 13.0 Å². The monoisotopic (exact) mass is 209 g/mol. The van der Waals surface area contributed by atoms with Crippen molar-refractivity contribution in [2.75, 3.05) is 13.2 Å². The Bertz CT molecular complexity index is 246. The van der Waals surface area contributed by atoms with Gasteiger partial charge in [0.2, 0.25) is 5.91 Å². The zero-order chi connectivity index (χ0) is 10.9. The molecule has 1 atom stereocenters. The summed E-state index contributed by atoms with van der Waals surface area (Å²) in [6.45, 7) is 3.25. The zero-order valence-electron chi connectivity index (χ0n) is 9.34. The second kappa shape index (κ2) is 7.30. The Hall–Kier alpha value is -1.01. The molecular weight excluding hydrogens is 190 g/mol. The van der Waals surface area contributed by atoms with E-state index in [-0.39, 0.29) is 12.0 Å². The average Bonchev–Trinajstić information content (AvgIpc) is 2.26. The first kappa shape index (κ1) is 12.1. The fraction of sp³-hybridized carbons (Fsp3) is 0.750. The van der Waals surface area contributed by atoms with Crippen LogP contribution < -0.4 is 5.32 Å². The predicted octanol–water partition coefficient (Wildman–Crippen LogP) is 1.48. The van der Waals surface area contributed by atoms with E-state index in [2.05, 4.69) is 17.2 Å². The fourth-order valence-electron chi connectivity index (χ4n) is 1.64. The molecule has 0 saturated carbocycles. The number of carbonyl (C=O) groups excluding carboxylic acids is 1. The van der Waals surface area contributed by atoms with Crippen molar-refractivity contribution in [2.24, 2.45) is 0 Å². The van der Waals surface area contributed by atoms with Gasteiger partial charge in [0.1, 0.15) is 0 Å². The Balaban J connectivity index is 2.08. The van der Waals surface area contributed by atoms with Gasteiger partial charge in [0.15, 0.2) is 0 Å². The van der Waals surface area contributed by atoms with Crippen LogP contribution in [0.2, 0.25) is 0 Å². The summed E-state index contributed by atoms with van der Waals surface area (Å²) in [6.07, 6.45) is 4.69. The third-order valence-electron chi connectivity index (χ3n) is 2.44. The van der Waals surface area contributed by atoms with Crippen molar-refractivity contribution < 1.29 is 9.53 Å². The molecular formula is C12H19NO2. The quantitative estimate of drug-likeness (QED) is 0.562. The van der Waals surface area contributed by atoms with Crippen LogP contribution in [0.4, 0.5) is 0 Å². The fourth-order valence-corrected chi connectivity index (χ4v) is 1.64. The molecule has 1 saturated heterocycles. The van der Waals surface area contributed by atoms with E-state index in [1.54, 1.807) is 6.92 Å². The minimum Gasteiger partial charge on any atom is -0.378 e. The highest BCUT2D eigenvalue weighted by molar-refractivity contribution is 5.76. The van der Waals surface area contributed by atoms with E-state index in [4.69, 9.17) is 4.74 Å². The molecule has 0 aromatic rings. The number of nitrogens with one attached hydrogen (secondary N) is 1. The van der Waals surface area contributed by atoms with Crippen molar-refractivity contribution in [2.45, 2.75) is 45.1 Å². The molecule has 1 aliphatic rings. The van der Waals surface area contributed by atoms with Gasteiger partial charge < -0.3 is 10.1 Å². The predicted molar refractivity (Wildman–Crippen MR) is 59.3 cm³/mol. The summed E-state index contributed by atoms with van der Waals surface area (Å²) in [7, 11) is 0. The van der Waals surface area contributed by atoms with E-state index in [1.807, 2.05) is 0 Å². The van der Waals surface area contributed by atoms with Crippen molar-refractivity contribution in [1.82, 2.24) is 5.32 Å². The van der Waals surface area contributed by atoms with Crippen molar-refractivity contribution in [3.63, 3.8) is 0 Å². The molecule has 0 aromatic heterocycles. The third-order valence-corrected chi connectivity index (χ3v) is 2.44. The Morgan fingerprint density at radius 2 is 2.40 bits per heavy atom. The van der Waals surface area contributed by atoms with Crippen LogP contribution in [0.15, 0.2) is 0 Å². The molecule has 0 aliphatic carbocycles. The molecule has 84 valence electrons. The zero-order valence-corrected chi connectivity index (χ0v) is 9.34. The van der Waals surface area contributed by atoms with Crippen LogP contribution in [0.25, 0.3) is 0 Å². The van der Waals surface area contributed by atoms with Crippen molar-refractivity contribution >= 4 is 5.91 Å². The lowest BCUT2D eigenvalue weighted by molar-refractivity contribution is -0.124. The van der Waals surface area contributed by atoms with Gasteiger partial charge in [-0.1, -0.05) is 0 Å². The van der Waals surface area contributed by atoms with Crippen LogP contribution >= 0.6 is 0 Å². The first-order valence-electron chi connectivity index (χ1n) is 5.61. The van der Waals surface area contributed by atoms with E-state index >= 15 is 0 Å². The summed E-state index contributed by atoms with van der Waals surface area (Å²) in [5, 5.41) is 2.84. The van der Waals surface area contributed by atoms with Crippen LogP contribution in [0.3, 0.4) is 0 Å². The highest BCUT2D eigenvalue weighted by Crippen LogP contribution is 2.15. The van der Waals surface area contributed by atoms with Gasteiger partial charge in [0, 0.05) is 19.6 Å². The van der Waals surface area contributed by atoms with E-state index < -0.39 is 0 Å². The highest BCUT2D eigenvalue weighted by Gasteiger charge is 2.16. The first-order valence-corrected chi connectivity index (χ1v) is 5.61. The van der Waals surface area contributed by atoms with Crippen molar-refractivity contribution in [3.05, 3.63) is 0 Å². The number of hydrogen-bond donors (Lipinski definition) is 1. The van der Waals surface area contributed by atoms with Crippen molar-refractivity contribution in [1.29, 1.82) is 0 Å². The summed E-state index contributed by atoms with van der Waals surface area (Å²) < 4.78 is 5.49. The number of ether oxygens (including phenoxy) is 1. The van der Waals surface area contributed by atoms with Gasteiger partial charge in [0.25, 0.3) is 0 Å². The van der Waals surface area contributed by atoms with Gasteiger partial charge in [-0.2, -0.15) is 0 Å². The molecule has 1 amide bonds. The summed E-state index contributed by atoms with van der Waals surface area (Å²) >= 11 is 0. The first-order chi connectivity index (χ1) is 7.33. The summed E-state index contributed by atoms with van der Waals surface area (Å²) in [4.78, 5) is 11.4. The Kier molecular flexibility index (Phi) is 5.87. The summed E-state index contributed by atoms with van der Waals surface area (Å²) in [5.74, 6) is 5.79. The maximum Gasteiger partial charge on any atom is 0.222 e. The minimum atomic E-state index is 0.0832. The van der Waals surface area contributed by atoms with Crippen LogP contribution in [0, 0.1) is 11.8 Å². The number of rotatable bonds is 4. The lowest BCUT2D eigenvalue weighted by Gasteiger charge is -2.21. The van der Waals surface area contributed by atoms with E-state index in [1.165, 1.54) is 6.42 Å². The standard InChI is InChI=1S/C12H19NO2/c1-2-3-5-8-13-12(14)10-11-7-4-6-9-15-11/h11H,4-10H2,1H3,(H,13,14). The van der Waals surface area contributed by atoms with Gasteiger partial charge in [-0.3, -0.25) is 4.79 Å². The molecule has 3 heteroatoms. The molecule has 0 radical (unpaired) electrons. The number of amides is 1. The molecule has 0 bridgehead atoms. The smallest absolute Gasteiger partial charge is 0.222 e. The van der Waals surface area contributed by atoms with Gasteiger partial charge >= 0.3 is 0 Å². The van der Waals surface area contributed by atoms with Gasteiger partial charge in [-0.05, 0) is 26.2 Å². The normalized spacial score (nSPS) is 20.2. The van der Waals surface area contributed by atoms with Crippen LogP contribution in [0.1, 0.15) is 39.0 Å².